The Morgan fingerprint density at radius 2 is 2.08 bits per heavy atom. The lowest BCUT2D eigenvalue weighted by molar-refractivity contribution is 1.23. The molecule has 1 aromatic rings. The topological polar surface area (TPSA) is 26.5 Å². The van der Waals surface area contributed by atoms with E-state index >= 15 is 0 Å². The van der Waals surface area contributed by atoms with Crippen molar-refractivity contribution in [2.24, 2.45) is 4.99 Å². The minimum absolute atomic E-state index is 0.382. The molecule has 2 rings (SSSR count). The third kappa shape index (κ3) is 1.31. The maximum absolute atomic E-state index is 5.67. The highest BCUT2D eigenvalue weighted by Crippen LogP contribution is 2.34. The van der Waals surface area contributed by atoms with Crippen molar-refractivity contribution in [2.75, 3.05) is 5.88 Å². The Bertz CT molecular complexity index is 383. The zero-order valence-electron chi connectivity index (χ0n) is 7.63. The summed E-state index contributed by atoms with van der Waals surface area (Å²) in [6.45, 7) is 4.13. The Balaban J connectivity index is 2.49. The summed E-state index contributed by atoms with van der Waals surface area (Å²) in [6.07, 6.45) is 0. The van der Waals surface area contributed by atoms with Crippen molar-refractivity contribution in [1.29, 1.82) is 0 Å². The van der Waals surface area contributed by atoms with Crippen molar-refractivity contribution in [1.82, 2.24) is 5.32 Å². The molecule has 0 spiro atoms. The highest BCUT2D eigenvalue weighted by Gasteiger charge is 2.17. The van der Waals surface area contributed by atoms with Crippen molar-refractivity contribution in [3.8, 4) is 0 Å². The second-order valence-electron chi connectivity index (χ2n) is 3.15. The standard InChI is InChI=1S/C10H10ClN2/c1-6-3-4-8-10(7(6)2)13-9(5-11)12-8/h3-4H,5H2,1-2H3. The number of benzene rings is 1. The van der Waals surface area contributed by atoms with Crippen LogP contribution in [0.4, 0.5) is 11.4 Å². The molecule has 2 nitrogen and oxygen atoms in total. The number of aliphatic imine (C=N–C) groups is 1. The van der Waals surface area contributed by atoms with Crippen molar-refractivity contribution in [2.45, 2.75) is 13.8 Å². The summed E-state index contributed by atoms with van der Waals surface area (Å²) in [7, 11) is 0. The monoisotopic (exact) mass is 193 g/mol. The molecule has 0 fully saturated rings. The van der Waals surface area contributed by atoms with Crippen LogP contribution in [-0.2, 0) is 0 Å². The molecule has 13 heavy (non-hydrogen) atoms. The van der Waals surface area contributed by atoms with E-state index in [0.29, 0.717) is 11.7 Å². The van der Waals surface area contributed by atoms with Gasteiger partial charge < -0.3 is 0 Å². The number of fused-ring (bicyclic) bond motifs is 1. The van der Waals surface area contributed by atoms with Gasteiger partial charge in [-0.3, -0.25) is 0 Å². The van der Waals surface area contributed by atoms with Gasteiger partial charge in [-0.25, -0.2) is 10.3 Å². The minimum atomic E-state index is 0.382. The highest BCUT2D eigenvalue weighted by molar-refractivity contribution is 6.29. The predicted octanol–water partition coefficient (Wildman–Crippen LogP) is 2.82. The number of halogens is 1. The van der Waals surface area contributed by atoms with Gasteiger partial charge >= 0.3 is 0 Å². The largest absolute Gasteiger partial charge is 0.230 e. The Morgan fingerprint density at radius 3 is 2.77 bits per heavy atom. The van der Waals surface area contributed by atoms with Crippen LogP contribution in [-0.4, -0.2) is 11.7 Å². The summed E-state index contributed by atoms with van der Waals surface area (Å²) in [5, 5.41) is 4.35. The normalized spacial score (nSPS) is 13.6. The van der Waals surface area contributed by atoms with Crippen LogP contribution in [0.3, 0.4) is 0 Å². The Morgan fingerprint density at radius 1 is 1.31 bits per heavy atom. The highest BCUT2D eigenvalue weighted by atomic mass is 35.5. The predicted molar refractivity (Wildman–Crippen MR) is 55.5 cm³/mol. The van der Waals surface area contributed by atoms with Gasteiger partial charge in [-0.05, 0) is 31.0 Å². The Kier molecular flexibility index (Phi) is 2.00. The van der Waals surface area contributed by atoms with Crippen LogP contribution in [0.1, 0.15) is 11.1 Å². The third-order valence-corrected chi connectivity index (χ3v) is 2.53. The van der Waals surface area contributed by atoms with E-state index in [9.17, 15) is 0 Å². The summed E-state index contributed by atoms with van der Waals surface area (Å²) in [4.78, 5) is 4.29. The molecule has 1 radical (unpaired) electrons. The summed E-state index contributed by atoms with van der Waals surface area (Å²) in [5.74, 6) is 1.10. The molecule has 1 heterocycles. The maximum Gasteiger partial charge on any atom is 0.144 e. The summed E-state index contributed by atoms with van der Waals surface area (Å²) >= 11 is 5.67. The second-order valence-corrected chi connectivity index (χ2v) is 3.42. The average Bonchev–Trinajstić information content (AvgIpc) is 2.55. The molecule has 3 heteroatoms. The van der Waals surface area contributed by atoms with Gasteiger partial charge in [0.05, 0.1) is 17.3 Å². The van der Waals surface area contributed by atoms with E-state index in [4.69, 9.17) is 11.6 Å². The van der Waals surface area contributed by atoms with Gasteiger partial charge in [0, 0.05) is 0 Å². The molecule has 0 aromatic heterocycles. The first kappa shape index (κ1) is 8.57. The minimum Gasteiger partial charge on any atom is -0.230 e. The molecule has 1 aliphatic heterocycles. The first-order valence-electron chi connectivity index (χ1n) is 4.18. The van der Waals surface area contributed by atoms with E-state index < -0.39 is 0 Å². The smallest absolute Gasteiger partial charge is 0.144 e. The second kappa shape index (κ2) is 3.04. The van der Waals surface area contributed by atoms with Gasteiger partial charge in [0.1, 0.15) is 5.84 Å². The van der Waals surface area contributed by atoms with Crippen LogP contribution >= 0.6 is 11.6 Å². The van der Waals surface area contributed by atoms with E-state index in [2.05, 4.69) is 30.2 Å². The molecule has 0 bridgehead atoms. The molecule has 67 valence electrons. The molecule has 0 unspecified atom stereocenters. The lowest BCUT2D eigenvalue weighted by Crippen LogP contribution is -2.08. The third-order valence-electron chi connectivity index (χ3n) is 2.29. The first-order valence-corrected chi connectivity index (χ1v) is 4.71. The molecular formula is C10H10ClN2. The van der Waals surface area contributed by atoms with E-state index in [-0.39, 0.29) is 0 Å². The van der Waals surface area contributed by atoms with Gasteiger partial charge in [0.15, 0.2) is 0 Å². The fraction of sp³-hybridized carbons (Fsp3) is 0.300. The lowest BCUT2D eigenvalue weighted by atomic mass is 10.1. The van der Waals surface area contributed by atoms with E-state index in [1.807, 2.05) is 6.07 Å². The molecule has 1 aliphatic rings. The quantitative estimate of drug-likeness (QED) is 0.614. The zero-order chi connectivity index (χ0) is 9.42. The molecule has 0 saturated carbocycles. The summed E-state index contributed by atoms with van der Waals surface area (Å²) < 4.78 is 0. The molecular weight excluding hydrogens is 184 g/mol. The molecule has 0 aliphatic carbocycles. The van der Waals surface area contributed by atoms with Crippen LogP contribution in [0, 0.1) is 13.8 Å². The van der Waals surface area contributed by atoms with Crippen LogP contribution in [0.25, 0.3) is 0 Å². The summed E-state index contributed by atoms with van der Waals surface area (Å²) in [5.41, 5.74) is 4.37. The van der Waals surface area contributed by atoms with Crippen LogP contribution in [0.2, 0.25) is 0 Å². The number of hydrogen-bond acceptors (Lipinski definition) is 1. The van der Waals surface area contributed by atoms with Gasteiger partial charge in [0.25, 0.3) is 0 Å². The number of aryl methyl sites for hydroxylation is 1. The lowest BCUT2D eigenvalue weighted by Gasteiger charge is -2.04. The summed E-state index contributed by atoms with van der Waals surface area (Å²) in [6, 6.07) is 4.05. The van der Waals surface area contributed by atoms with Crippen molar-refractivity contribution in [3.05, 3.63) is 23.3 Å². The molecule has 0 amide bonds. The molecule has 0 N–H and O–H groups in total. The molecule has 0 atom stereocenters. The number of hydrogen-bond donors (Lipinski definition) is 0. The van der Waals surface area contributed by atoms with E-state index in [1.165, 1.54) is 11.1 Å². The number of nitrogens with zero attached hydrogens (tertiary/aromatic N) is 2. The van der Waals surface area contributed by atoms with Crippen molar-refractivity contribution >= 4 is 28.8 Å². The average molecular weight is 194 g/mol. The van der Waals surface area contributed by atoms with Crippen molar-refractivity contribution in [3.63, 3.8) is 0 Å². The Hall–Kier alpha value is -1.02. The van der Waals surface area contributed by atoms with Crippen LogP contribution in [0.5, 0.6) is 0 Å². The van der Waals surface area contributed by atoms with Gasteiger partial charge in [0.2, 0.25) is 0 Å². The van der Waals surface area contributed by atoms with Gasteiger partial charge in [-0.15, -0.1) is 11.6 Å². The van der Waals surface area contributed by atoms with Gasteiger partial charge in [-0.2, -0.15) is 0 Å². The molecule has 1 aromatic carbocycles. The maximum atomic E-state index is 5.67. The van der Waals surface area contributed by atoms with Gasteiger partial charge in [-0.1, -0.05) is 6.07 Å². The van der Waals surface area contributed by atoms with E-state index in [0.717, 1.165) is 11.4 Å². The van der Waals surface area contributed by atoms with Crippen LogP contribution in [0.15, 0.2) is 17.1 Å². The zero-order valence-corrected chi connectivity index (χ0v) is 8.39. The van der Waals surface area contributed by atoms with Crippen molar-refractivity contribution < 1.29 is 0 Å². The fourth-order valence-corrected chi connectivity index (χ4v) is 1.49. The van der Waals surface area contributed by atoms with E-state index in [1.54, 1.807) is 0 Å². The molecule has 0 saturated heterocycles. The van der Waals surface area contributed by atoms with Crippen LogP contribution < -0.4 is 5.32 Å². The first-order chi connectivity index (χ1) is 6.22. The number of alkyl halides is 1. The Labute approximate surface area is 82.6 Å². The SMILES string of the molecule is Cc1ccc2c(c1C)[N]C(CCl)=N2. The number of rotatable bonds is 1. The fourth-order valence-electron chi connectivity index (χ4n) is 1.37. The number of amidine groups is 1.